The Kier molecular flexibility index (Phi) is 8.47. The van der Waals surface area contributed by atoms with Crippen molar-refractivity contribution < 1.29 is 42.6 Å². The van der Waals surface area contributed by atoms with Gasteiger partial charge in [0, 0.05) is 17.3 Å². The molecule has 200 valence electrons. The second-order valence-corrected chi connectivity index (χ2v) is 10.5. The summed E-state index contributed by atoms with van der Waals surface area (Å²) in [5.41, 5.74) is 3.78. The molecule has 1 aromatic rings. The number of thioether (sulfide) groups is 1. The summed E-state index contributed by atoms with van der Waals surface area (Å²) in [6.45, 7) is 4.02. The van der Waals surface area contributed by atoms with Gasteiger partial charge in [0.05, 0.1) is 5.41 Å². The van der Waals surface area contributed by atoms with Crippen LogP contribution in [-0.4, -0.2) is 79.3 Å². The molecular formula is C20H22F2N6O7S2. The van der Waals surface area contributed by atoms with Gasteiger partial charge in [-0.1, -0.05) is 11.2 Å². The van der Waals surface area contributed by atoms with Gasteiger partial charge in [-0.05, 0) is 32.4 Å². The maximum absolute atomic E-state index is 12.9. The first-order valence-electron chi connectivity index (χ1n) is 10.5. The molecule has 0 radical (unpaired) electrons. The van der Waals surface area contributed by atoms with Crippen molar-refractivity contribution in [1.82, 2.24) is 19.6 Å². The third kappa shape index (κ3) is 6.22. The molecule has 2 aliphatic heterocycles. The van der Waals surface area contributed by atoms with Gasteiger partial charge >= 0.3 is 11.9 Å². The number of nitrogens with one attached hydrogen (secondary N) is 1. The number of esters is 2. The van der Waals surface area contributed by atoms with E-state index in [1.807, 2.05) is 0 Å². The van der Waals surface area contributed by atoms with Gasteiger partial charge in [0.15, 0.2) is 5.13 Å². The Labute approximate surface area is 216 Å². The van der Waals surface area contributed by atoms with Crippen molar-refractivity contribution in [3.05, 3.63) is 29.2 Å². The largest absolute Gasteiger partial charge is 0.427 e. The maximum atomic E-state index is 12.9. The number of aromatic nitrogens is 2. The molecule has 0 aromatic carbocycles. The zero-order valence-corrected chi connectivity index (χ0v) is 21.3. The number of carbonyl (C=O) groups is 4. The molecule has 37 heavy (non-hydrogen) atoms. The topological polar surface area (TPSA) is 186 Å². The first-order chi connectivity index (χ1) is 17.3. The van der Waals surface area contributed by atoms with E-state index in [-0.39, 0.29) is 28.0 Å². The summed E-state index contributed by atoms with van der Waals surface area (Å²) in [7, 11) is 0. The maximum Gasteiger partial charge on any atom is 0.358 e. The van der Waals surface area contributed by atoms with Crippen LogP contribution in [-0.2, 0) is 28.7 Å². The summed E-state index contributed by atoms with van der Waals surface area (Å²) in [5, 5.41) is 13.7. The van der Waals surface area contributed by atoms with Gasteiger partial charge in [-0.2, -0.15) is 9.36 Å². The van der Waals surface area contributed by atoms with Crippen molar-refractivity contribution in [2.75, 3.05) is 18.3 Å². The Bertz CT molecular complexity index is 1190. The molecule has 3 rings (SSSR count). The van der Waals surface area contributed by atoms with E-state index in [0.29, 0.717) is 6.08 Å². The number of nitrogens with zero attached hydrogens (tertiary/aromatic N) is 4. The minimum atomic E-state index is -2.82. The molecule has 0 saturated carbocycles. The Morgan fingerprint density at radius 2 is 2.05 bits per heavy atom. The zero-order valence-electron chi connectivity index (χ0n) is 19.6. The summed E-state index contributed by atoms with van der Waals surface area (Å²) < 4.78 is 39.2. The average molecular weight is 561 g/mol. The molecule has 2 aliphatic rings. The Balaban J connectivity index is 1.77. The van der Waals surface area contributed by atoms with Gasteiger partial charge in [-0.3, -0.25) is 19.3 Å². The molecule has 1 fully saturated rings. The lowest BCUT2D eigenvalue weighted by atomic mass is 9.98. The quantitative estimate of drug-likeness (QED) is 0.102. The number of rotatable bonds is 8. The van der Waals surface area contributed by atoms with Crippen LogP contribution in [0.4, 0.5) is 13.9 Å². The standard InChI is InChI=1S/C20H22F2N6O7S2/c1-20(2,3)18(32)35-7-34-17(31)12-8(4-5-9(21)22)6-36-16-11(15(30)28(12)16)24-14(29)10(26-33)13-25-19(23)37-27-13/h4-5,9,11,16,33H,6-7H2,1-3H3,(H,24,29)(H2,23,25,27)/b5-4+,26-10-/t11-,16-/m1/s1. The summed E-state index contributed by atoms with van der Waals surface area (Å²) in [6.07, 6.45) is -1.27. The predicted octanol–water partition coefficient (Wildman–Crippen LogP) is 0.864. The van der Waals surface area contributed by atoms with Gasteiger partial charge in [0.1, 0.15) is 17.1 Å². The summed E-state index contributed by atoms with van der Waals surface area (Å²) in [6, 6.07) is -1.16. The summed E-state index contributed by atoms with van der Waals surface area (Å²) in [5.74, 6) is -3.71. The van der Waals surface area contributed by atoms with Crippen molar-refractivity contribution in [2.45, 2.75) is 38.6 Å². The van der Waals surface area contributed by atoms with E-state index in [4.69, 9.17) is 15.2 Å². The molecule has 0 bridgehead atoms. The van der Waals surface area contributed by atoms with Crippen LogP contribution in [0.1, 0.15) is 26.6 Å². The second kappa shape index (κ2) is 11.2. The fourth-order valence-electron chi connectivity index (χ4n) is 3.10. The minimum absolute atomic E-state index is 0.0152. The monoisotopic (exact) mass is 560 g/mol. The fraction of sp³-hybridized carbons (Fsp3) is 0.450. The van der Waals surface area contributed by atoms with Crippen molar-refractivity contribution in [2.24, 2.45) is 10.6 Å². The van der Waals surface area contributed by atoms with Crippen molar-refractivity contribution >= 4 is 57.9 Å². The van der Waals surface area contributed by atoms with Crippen LogP contribution in [0.5, 0.6) is 0 Å². The molecule has 17 heteroatoms. The lowest BCUT2D eigenvalue weighted by Crippen LogP contribution is -2.71. The number of halogens is 2. The number of alkyl halides is 2. The Morgan fingerprint density at radius 1 is 1.35 bits per heavy atom. The molecule has 2 amide bonds. The second-order valence-electron chi connectivity index (χ2n) is 8.56. The van der Waals surface area contributed by atoms with Crippen LogP contribution in [0.2, 0.25) is 0 Å². The van der Waals surface area contributed by atoms with E-state index >= 15 is 0 Å². The number of oxime groups is 1. The summed E-state index contributed by atoms with van der Waals surface area (Å²) in [4.78, 5) is 55.0. The minimum Gasteiger partial charge on any atom is -0.427 e. The SMILES string of the molecule is CC(C)(C)C(=O)OCOC(=O)C1=C(/C=C/C(F)F)CS[C@@H]2[C@H](NC(=O)/C(=N\O)c3nsc(N)n3)C(=O)N12. The Hall–Kier alpha value is -3.60. The summed E-state index contributed by atoms with van der Waals surface area (Å²) >= 11 is 1.85. The molecule has 3 heterocycles. The number of β-lactam (4-membered cyclic amide) rings is 1. The Morgan fingerprint density at radius 3 is 2.62 bits per heavy atom. The number of hydrogen-bond donors (Lipinski definition) is 3. The van der Waals surface area contributed by atoms with E-state index in [9.17, 15) is 33.2 Å². The average Bonchev–Trinajstić information content (AvgIpc) is 3.25. The molecule has 1 aromatic heterocycles. The molecule has 1 saturated heterocycles. The normalized spacial score (nSPS) is 20.1. The molecular weight excluding hydrogens is 538 g/mol. The van der Waals surface area contributed by atoms with Crippen molar-refractivity contribution in [3.63, 3.8) is 0 Å². The number of nitrogen functional groups attached to an aromatic ring is 1. The highest BCUT2D eigenvalue weighted by atomic mass is 32.2. The number of carbonyl (C=O) groups excluding carboxylic acids is 4. The highest BCUT2D eigenvalue weighted by Crippen LogP contribution is 2.41. The van der Waals surface area contributed by atoms with Gasteiger partial charge < -0.3 is 25.7 Å². The molecule has 4 N–H and O–H groups in total. The number of allylic oxidation sites excluding steroid dienone is 2. The van der Waals surface area contributed by atoms with E-state index in [1.54, 1.807) is 20.8 Å². The third-order valence-electron chi connectivity index (χ3n) is 4.88. The van der Waals surface area contributed by atoms with Crippen LogP contribution >= 0.6 is 23.3 Å². The van der Waals surface area contributed by atoms with E-state index in [1.165, 1.54) is 0 Å². The first-order valence-corrected chi connectivity index (χ1v) is 12.3. The fourth-order valence-corrected chi connectivity index (χ4v) is 4.86. The van der Waals surface area contributed by atoms with Gasteiger partial charge in [0.25, 0.3) is 18.2 Å². The van der Waals surface area contributed by atoms with Crippen LogP contribution < -0.4 is 11.1 Å². The van der Waals surface area contributed by atoms with Crippen molar-refractivity contribution in [3.8, 4) is 0 Å². The molecule has 2 atom stereocenters. The highest BCUT2D eigenvalue weighted by molar-refractivity contribution is 8.00. The number of fused-ring (bicyclic) bond motifs is 1. The van der Waals surface area contributed by atoms with Gasteiger partial charge in [-0.15, -0.1) is 11.8 Å². The molecule has 13 nitrogen and oxygen atoms in total. The smallest absolute Gasteiger partial charge is 0.358 e. The lowest BCUT2D eigenvalue weighted by molar-refractivity contribution is -0.173. The van der Waals surface area contributed by atoms with Crippen LogP contribution in [0.25, 0.3) is 0 Å². The van der Waals surface area contributed by atoms with Crippen LogP contribution in [0.3, 0.4) is 0 Å². The predicted molar refractivity (Wildman–Crippen MR) is 126 cm³/mol. The first kappa shape index (κ1) is 28.0. The van der Waals surface area contributed by atoms with Gasteiger partial charge in [-0.25, -0.2) is 13.6 Å². The number of nitrogens with two attached hydrogens (primary N) is 1. The third-order valence-corrected chi connectivity index (χ3v) is 6.73. The van der Waals surface area contributed by atoms with E-state index < -0.39 is 59.5 Å². The molecule has 0 unspecified atom stereocenters. The molecule has 0 spiro atoms. The van der Waals surface area contributed by atoms with Crippen LogP contribution in [0, 0.1) is 5.41 Å². The van der Waals surface area contributed by atoms with Crippen molar-refractivity contribution in [1.29, 1.82) is 0 Å². The highest BCUT2D eigenvalue weighted by Gasteiger charge is 2.54. The van der Waals surface area contributed by atoms with E-state index in [2.05, 4.69) is 19.8 Å². The van der Waals surface area contributed by atoms with Crippen LogP contribution in [0.15, 0.2) is 28.6 Å². The lowest BCUT2D eigenvalue weighted by Gasteiger charge is -2.49. The number of hydrogen-bond acceptors (Lipinski definition) is 13. The molecule has 0 aliphatic carbocycles. The number of anilines is 1. The number of amides is 2. The van der Waals surface area contributed by atoms with Gasteiger partial charge in [0.2, 0.25) is 18.3 Å². The zero-order chi connectivity index (χ0) is 27.5. The number of ether oxygens (including phenoxy) is 2. The van der Waals surface area contributed by atoms with E-state index in [0.717, 1.165) is 34.3 Å².